The van der Waals surface area contributed by atoms with Crippen molar-refractivity contribution in [3.8, 4) is 17.2 Å². The highest BCUT2D eigenvalue weighted by atomic mass is 16.7. The van der Waals surface area contributed by atoms with Gasteiger partial charge in [-0.15, -0.1) is 0 Å². The molecule has 7 heteroatoms. The van der Waals surface area contributed by atoms with Gasteiger partial charge >= 0.3 is 5.97 Å². The monoisotopic (exact) mass is 371 g/mol. The first-order valence-corrected chi connectivity index (χ1v) is 8.61. The van der Waals surface area contributed by atoms with Crippen LogP contribution in [0.4, 0.5) is 5.69 Å². The van der Waals surface area contributed by atoms with Crippen LogP contribution >= 0.6 is 0 Å². The number of hydrogen-bond donors (Lipinski definition) is 1. The van der Waals surface area contributed by atoms with Crippen LogP contribution in [0.25, 0.3) is 0 Å². The molecule has 3 rings (SSSR count). The lowest BCUT2D eigenvalue weighted by Crippen LogP contribution is -2.30. The van der Waals surface area contributed by atoms with Gasteiger partial charge in [-0.1, -0.05) is 17.7 Å². The molecule has 1 aliphatic heterocycles. The molecular weight excluding hydrogens is 350 g/mol. The van der Waals surface area contributed by atoms with E-state index >= 15 is 0 Å². The van der Waals surface area contributed by atoms with Gasteiger partial charge in [-0.3, -0.25) is 9.59 Å². The number of fused-ring (bicyclic) bond motifs is 1. The van der Waals surface area contributed by atoms with Gasteiger partial charge in [-0.25, -0.2) is 0 Å². The van der Waals surface area contributed by atoms with E-state index in [9.17, 15) is 9.59 Å². The number of carbonyl (C=O) groups is 2. The van der Waals surface area contributed by atoms with Crippen molar-refractivity contribution in [3.05, 3.63) is 48.0 Å². The minimum absolute atomic E-state index is 0.0511. The van der Waals surface area contributed by atoms with Gasteiger partial charge in [0.25, 0.3) is 5.91 Å². The van der Waals surface area contributed by atoms with Gasteiger partial charge in [-0.05, 0) is 38.1 Å². The minimum Gasteiger partial charge on any atom is -0.493 e. The van der Waals surface area contributed by atoms with Crippen molar-refractivity contribution in [1.29, 1.82) is 0 Å². The molecule has 142 valence electrons. The fraction of sp³-hybridized carbons (Fsp3) is 0.300. The molecule has 7 nitrogen and oxygen atoms in total. The van der Waals surface area contributed by atoms with Crippen LogP contribution in [0.15, 0.2) is 42.5 Å². The molecule has 0 aromatic heterocycles. The summed E-state index contributed by atoms with van der Waals surface area (Å²) >= 11 is 0. The van der Waals surface area contributed by atoms with E-state index in [1.807, 2.05) is 31.2 Å². The first-order chi connectivity index (χ1) is 13.0. The number of rotatable bonds is 7. The summed E-state index contributed by atoms with van der Waals surface area (Å²) in [7, 11) is 0. The van der Waals surface area contributed by atoms with Gasteiger partial charge in [-0.2, -0.15) is 0 Å². The first kappa shape index (κ1) is 18.6. The zero-order valence-electron chi connectivity index (χ0n) is 15.2. The highest BCUT2D eigenvalue weighted by Gasteiger charge is 2.19. The number of hydrogen-bond acceptors (Lipinski definition) is 6. The average Bonchev–Trinajstić information content (AvgIpc) is 3.11. The number of anilines is 1. The van der Waals surface area contributed by atoms with Crippen LogP contribution in [0.1, 0.15) is 18.9 Å². The molecule has 27 heavy (non-hydrogen) atoms. The second-order valence-corrected chi connectivity index (χ2v) is 6.10. The molecule has 1 atom stereocenters. The van der Waals surface area contributed by atoms with Crippen molar-refractivity contribution in [2.75, 3.05) is 18.7 Å². The van der Waals surface area contributed by atoms with Crippen LogP contribution in [-0.2, 0) is 14.3 Å². The predicted molar refractivity (Wildman–Crippen MR) is 98.0 cm³/mol. The summed E-state index contributed by atoms with van der Waals surface area (Å²) in [4.78, 5) is 24.1. The molecule has 1 amide bonds. The lowest BCUT2D eigenvalue weighted by atomic mass is 10.2. The quantitative estimate of drug-likeness (QED) is 0.753. The molecule has 2 aromatic rings. The molecule has 0 saturated heterocycles. The van der Waals surface area contributed by atoms with Crippen LogP contribution in [0.3, 0.4) is 0 Å². The Balaban J connectivity index is 1.42. The Hall–Kier alpha value is -3.22. The molecule has 0 bridgehead atoms. The first-order valence-electron chi connectivity index (χ1n) is 8.61. The number of ether oxygens (including phenoxy) is 4. The van der Waals surface area contributed by atoms with Gasteiger partial charge in [0.05, 0.1) is 13.0 Å². The summed E-state index contributed by atoms with van der Waals surface area (Å²) in [6.07, 6.45) is -0.877. The Labute approximate surface area is 157 Å². The van der Waals surface area contributed by atoms with Gasteiger partial charge in [0.2, 0.25) is 6.79 Å². The van der Waals surface area contributed by atoms with Crippen LogP contribution in [0, 0.1) is 6.92 Å². The lowest BCUT2D eigenvalue weighted by Gasteiger charge is -2.14. The highest BCUT2D eigenvalue weighted by molar-refractivity contribution is 5.95. The van der Waals surface area contributed by atoms with E-state index in [0.29, 0.717) is 22.9 Å². The van der Waals surface area contributed by atoms with Gasteiger partial charge < -0.3 is 24.3 Å². The van der Waals surface area contributed by atoms with Crippen molar-refractivity contribution in [2.24, 2.45) is 0 Å². The molecule has 0 unspecified atom stereocenters. The maximum Gasteiger partial charge on any atom is 0.310 e. The second kappa shape index (κ2) is 8.44. The Morgan fingerprint density at radius 3 is 2.63 bits per heavy atom. The van der Waals surface area contributed by atoms with Crippen molar-refractivity contribution in [2.45, 2.75) is 26.4 Å². The number of nitrogens with one attached hydrogen (secondary N) is 1. The van der Waals surface area contributed by atoms with E-state index in [-0.39, 0.29) is 19.8 Å². The predicted octanol–water partition coefficient (Wildman–Crippen LogP) is 3.06. The standard InChI is InChI=1S/C20H21NO6/c1-13-3-6-16(7-4-13)24-10-9-19(22)27-14(2)20(23)21-15-5-8-17-18(11-15)26-12-25-17/h3-8,11,14H,9-10,12H2,1-2H3,(H,21,23)/t14-/m1/s1. The minimum atomic E-state index is -0.928. The summed E-state index contributed by atoms with van der Waals surface area (Å²) in [6, 6.07) is 12.6. The molecule has 0 saturated carbocycles. The largest absolute Gasteiger partial charge is 0.493 e. The average molecular weight is 371 g/mol. The van der Waals surface area contributed by atoms with Crippen molar-refractivity contribution < 1.29 is 28.5 Å². The molecule has 1 N–H and O–H groups in total. The number of aryl methyl sites for hydroxylation is 1. The molecule has 0 fully saturated rings. The van der Waals surface area contributed by atoms with E-state index in [2.05, 4.69) is 5.32 Å². The van der Waals surface area contributed by atoms with E-state index in [4.69, 9.17) is 18.9 Å². The van der Waals surface area contributed by atoms with Crippen molar-refractivity contribution >= 4 is 17.6 Å². The van der Waals surface area contributed by atoms with Crippen LogP contribution in [0.5, 0.6) is 17.2 Å². The highest BCUT2D eigenvalue weighted by Crippen LogP contribution is 2.34. The fourth-order valence-electron chi connectivity index (χ4n) is 2.41. The Bertz CT molecular complexity index is 818. The maximum absolute atomic E-state index is 12.2. The number of esters is 1. The summed E-state index contributed by atoms with van der Waals surface area (Å²) in [5.41, 5.74) is 1.67. The van der Waals surface area contributed by atoms with Crippen LogP contribution in [0.2, 0.25) is 0 Å². The third-order valence-corrected chi connectivity index (χ3v) is 3.91. The summed E-state index contributed by atoms with van der Waals surface area (Å²) in [6.45, 7) is 3.84. The Morgan fingerprint density at radius 2 is 1.85 bits per heavy atom. The van der Waals surface area contributed by atoms with Crippen molar-refractivity contribution in [3.63, 3.8) is 0 Å². The molecule has 0 aliphatic carbocycles. The molecule has 1 aliphatic rings. The topological polar surface area (TPSA) is 83.1 Å². The molecule has 0 radical (unpaired) electrons. The van der Waals surface area contributed by atoms with Crippen LogP contribution in [-0.4, -0.2) is 31.4 Å². The van der Waals surface area contributed by atoms with E-state index < -0.39 is 18.0 Å². The molecular formula is C20H21NO6. The fourth-order valence-corrected chi connectivity index (χ4v) is 2.41. The lowest BCUT2D eigenvalue weighted by molar-refractivity contribution is -0.153. The molecule has 1 heterocycles. The van der Waals surface area contributed by atoms with Crippen LogP contribution < -0.4 is 19.5 Å². The SMILES string of the molecule is Cc1ccc(OCCC(=O)O[C@H](C)C(=O)Nc2ccc3c(c2)OCO3)cc1. The zero-order chi connectivity index (χ0) is 19.2. The second-order valence-electron chi connectivity index (χ2n) is 6.10. The Kier molecular flexibility index (Phi) is 5.80. The molecule has 0 spiro atoms. The molecule has 2 aromatic carbocycles. The van der Waals surface area contributed by atoms with Crippen molar-refractivity contribution in [1.82, 2.24) is 0 Å². The Morgan fingerprint density at radius 1 is 1.11 bits per heavy atom. The zero-order valence-corrected chi connectivity index (χ0v) is 15.2. The van der Waals surface area contributed by atoms with E-state index in [0.717, 1.165) is 5.56 Å². The third-order valence-electron chi connectivity index (χ3n) is 3.91. The normalized spacial score (nSPS) is 13.0. The summed E-state index contributed by atoms with van der Waals surface area (Å²) in [5.74, 6) is 0.936. The van der Waals surface area contributed by atoms with Gasteiger partial charge in [0.15, 0.2) is 17.6 Å². The number of amides is 1. The number of carbonyl (C=O) groups excluding carboxylic acids is 2. The van der Waals surface area contributed by atoms with E-state index in [1.165, 1.54) is 6.92 Å². The summed E-state index contributed by atoms with van der Waals surface area (Å²) < 4.78 is 21.1. The third kappa shape index (κ3) is 5.13. The number of benzene rings is 2. The maximum atomic E-state index is 12.2. The van der Waals surface area contributed by atoms with Gasteiger partial charge in [0.1, 0.15) is 5.75 Å². The van der Waals surface area contributed by atoms with E-state index in [1.54, 1.807) is 18.2 Å². The summed E-state index contributed by atoms with van der Waals surface area (Å²) in [5, 5.41) is 2.68. The van der Waals surface area contributed by atoms with Gasteiger partial charge in [0, 0.05) is 11.8 Å². The smallest absolute Gasteiger partial charge is 0.310 e.